The fourth-order valence-electron chi connectivity index (χ4n) is 3.28. The maximum atomic E-state index is 13.6. The lowest BCUT2D eigenvalue weighted by molar-refractivity contribution is 0.0155. The molecule has 0 saturated carbocycles. The smallest absolute Gasteiger partial charge is 0.103 e. The van der Waals surface area contributed by atoms with Crippen molar-refractivity contribution in [1.82, 2.24) is 9.80 Å². The highest BCUT2D eigenvalue weighted by molar-refractivity contribution is 4.98. The maximum absolute atomic E-state index is 13.6. The van der Waals surface area contributed by atoms with Gasteiger partial charge in [0.1, 0.15) is 6.17 Å². The molecular weight excluding hydrogens is 217 g/mol. The number of piperidine rings is 2. The number of alkyl halides is 1. The number of halogens is 1. The van der Waals surface area contributed by atoms with Gasteiger partial charge >= 0.3 is 0 Å². The van der Waals surface area contributed by atoms with Crippen molar-refractivity contribution in [3.05, 3.63) is 0 Å². The van der Waals surface area contributed by atoms with E-state index in [0.29, 0.717) is 24.9 Å². The van der Waals surface area contributed by atoms with Crippen LogP contribution in [0.25, 0.3) is 0 Å². The Bertz CT molecular complexity index is 269. The number of hydrogen-bond donors (Lipinski definition) is 1. The Labute approximate surface area is 104 Å². The maximum Gasteiger partial charge on any atom is 0.103 e. The Kier molecular flexibility index (Phi) is 3.76. The van der Waals surface area contributed by atoms with E-state index in [-0.39, 0.29) is 5.54 Å². The van der Waals surface area contributed by atoms with Crippen LogP contribution in [0.4, 0.5) is 4.39 Å². The van der Waals surface area contributed by atoms with Gasteiger partial charge in [-0.15, -0.1) is 0 Å². The molecule has 0 aromatic carbocycles. The molecule has 0 aromatic heterocycles. The highest BCUT2D eigenvalue weighted by atomic mass is 19.1. The fourth-order valence-corrected chi connectivity index (χ4v) is 3.28. The van der Waals surface area contributed by atoms with Crippen LogP contribution in [0.3, 0.4) is 0 Å². The van der Waals surface area contributed by atoms with Crippen LogP contribution in [-0.2, 0) is 0 Å². The van der Waals surface area contributed by atoms with Crippen LogP contribution in [0.2, 0.25) is 0 Å². The molecule has 17 heavy (non-hydrogen) atoms. The van der Waals surface area contributed by atoms with Crippen molar-refractivity contribution in [3.8, 4) is 0 Å². The molecule has 2 aliphatic heterocycles. The number of hydrogen-bond acceptors (Lipinski definition) is 3. The molecule has 100 valence electrons. The summed E-state index contributed by atoms with van der Waals surface area (Å²) < 4.78 is 13.6. The normalized spacial score (nSPS) is 46.1. The van der Waals surface area contributed by atoms with Crippen LogP contribution in [-0.4, -0.2) is 60.8 Å². The number of rotatable bonds is 1. The summed E-state index contributed by atoms with van der Waals surface area (Å²) in [7, 11) is 4.27. The molecule has 0 amide bonds. The largest absolute Gasteiger partial charge is 0.325 e. The molecular formula is C13H26FN3. The topological polar surface area (TPSA) is 32.5 Å². The van der Waals surface area contributed by atoms with Crippen LogP contribution in [0.15, 0.2) is 0 Å². The van der Waals surface area contributed by atoms with Gasteiger partial charge < -0.3 is 15.5 Å². The van der Waals surface area contributed by atoms with Gasteiger partial charge in [0, 0.05) is 24.2 Å². The molecule has 2 N–H and O–H groups in total. The van der Waals surface area contributed by atoms with Gasteiger partial charge in [-0.3, -0.25) is 0 Å². The molecule has 0 bridgehead atoms. The monoisotopic (exact) mass is 243 g/mol. The minimum atomic E-state index is -0.629. The molecule has 2 aliphatic rings. The van der Waals surface area contributed by atoms with E-state index in [1.807, 2.05) is 0 Å². The third-order valence-electron chi connectivity index (χ3n) is 4.58. The number of likely N-dealkylation sites (tertiary alicyclic amines) is 2. The van der Waals surface area contributed by atoms with Gasteiger partial charge in [-0.1, -0.05) is 0 Å². The van der Waals surface area contributed by atoms with Gasteiger partial charge in [0.2, 0.25) is 0 Å². The molecule has 3 nitrogen and oxygen atoms in total. The summed E-state index contributed by atoms with van der Waals surface area (Å²) >= 11 is 0. The summed E-state index contributed by atoms with van der Waals surface area (Å²) in [5, 5.41) is 0. The first kappa shape index (κ1) is 13.2. The second kappa shape index (κ2) is 4.82. The lowest BCUT2D eigenvalue weighted by Crippen LogP contribution is -2.60. The molecule has 2 rings (SSSR count). The van der Waals surface area contributed by atoms with E-state index in [1.54, 1.807) is 0 Å². The zero-order valence-electron chi connectivity index (χ0n) is 11.3. The van der Waals surface area contributed by atoms with Gasteiger partial charge in [0.15, 0.2) is 0 Å². The van der Waals surface area contributed by atoms with E-state index in [9.17, 15) is 4.39 Å². The first-order valence-electron chi connectivity index (χ1n) is 6.72. The molecule has 2 fully saturated rings. The minimum absolute atomic E-state index is 0.0821. The molecule has 0 aliphatic carbocycles. The summed E-state index contributed by atoms with van der Waals surface area (Å²) in [6, 6.07) is 0.731. The van der Waals surface area contributed by atoms with Gasteiger partial charge in [0.05, 0.1) is 0 Å². The van der Waals surface area contributed by atoms with Crippen LogP contribution in [0.5, 0.6) is 0 Å². The predicted molar refractivity (Wildman–Crippen MR) is 68.8 cm³/mol. The van der Waals surface area contributed by atoms with Crippen molar-refractivity contribution >= 4 is 0 Å². The predicted octanol–water partition coefficient (Wildman–Crippen LogP) is 1.23. The Morgan fingerprint density at radius 1 is 1.18 bits per heavy atom. The summed E-state index contributed by atoms with van der Waals surface area (Å²) in [6.07, 6.45) is 2.74. The standard InChI is InChI=1S/C13H26FN3/c1-13(15)5-7-17(3)12(9-13)11-8-10(14)4-6-16(11)2/h10-12H,4-9,15H2,1-3H3. The van der Waals surface area contributed by atoms with Gasteiger partial charge in [0.25, 0.3) is 0 Å². The SMILES string of the molecule is CN1CCC(F)CC1C1CC(C)(N)CCN1C. The van der Waals surface area contributed by atoms with Crippen molar-refractivity contribution in [2.75, 3.05) is 27.2 Å². The molecule has 2 saturated heterocycles. The van der Waals surface area contributed by atoms with Crippen LogP contribution in [0, 0.1) is 0 Å². The third kappa shape index (κ3) is 2.98. The van der Waals surface area contributed by atoms with E-state index in [1.165, 1.54) is 0 Å². The first-order chi connectivity index (χ1) is 7.89. The minimum Gasteiger partial charge on any atom is -0.325 e. The molecule has 2 heterocycles. The first-order valence-corrected chi connectivity index (χ1v) is 6.72. The number of nitrogens with two attached hydrogens (primary N) is 1. The Morgan fingerprint density at radius 2 is 1.82 bits per heavy atom. The third-order valence-corrected chi connectivity index (χ3v) is 4.58. The Balaban J connectivity index is 2.07. The average molecular weight is 243 g/mol. The van der Waals surface area contributed by atoms with Crippen LogP contribution >= 0.6 is 0 Å². The highest BCUT2D eigenvalue weighted by Crippen LogP contribution is 2.31. The Hall–Kier alpha value is -0.190. The van der Waals surface area contributed by atoms with Crippen molar-refractivity contribution in [2.45, 2.75) is 56.4 Å². The lowest BCUT2D eigenvalue weighted by Gasteiger charge is -2.49. The van der Waals surface area contributed by atoms with Crippen LogP contribution < -0.4 is 5.73 Å². The van der Waals surface area contributed by atoms with Crippen molar-refractivity contribution in [1.29, 1.82) is 0 Å². The van der Waals surface area contributed by atoms with Gasteiger partial charge in [-0.25, -0.2) is 4.39 Å². The summed E-state index contributed by atoms with van der Waals surface area (Å²) in [5.41, 5.74) is 6.20. The van der Waals surface area contributed by atoms with Crippen molar-refractivity contribution < 1.29 is 4.39 Å². The molecule has 0 aromatic rings. The lowest BCUT2D eigenvalue weighted by atomic mass is 9.80. The van der Waals surface area contributed by atoms with E-state index >= 15 is 0 Å². The Morgan fingerprint density at radius 3 is 2.53 bits per heavy atom. The summed E-state index contributed by atoms with van der Waals surface area (Å²) in [6.45, 7) is 4.03. The van der Waals surface area contributed by atoms with Gasteiger partial charge in [-0.05, 0) is 53.2 Å². The van der Waals surface area contributed by atoms with E-state index < -0.39 is 6.17 Å². The zero-order valence-corrected chi connectivity index (χ0v) is 11.3. The van der Waals surface area contributed by atoms with Gasteiger partial charge in [-0.2, -0.15) is 0 Å². The van der Waals surface area contributed by atoms with E-state index in [4.69, 9.17) is 5.73 Å². The quantitative estimate of drug-likeness (QED) is 0.752. The van der Waals surface area contributed by atoms with E-state index in [0.717, 1.165) is 25.9 Å². The average Bonchev–Trinajstić information content (AvgIpc) is 2.25. The molecule has 4 unspecified atom stereocenters. The second-order valence-corrected chi connectivity index (χ2v) is 6.33. The number of nitrogens with zero attached hydrogens (tertiary/aromatic N) is 2. The second-order valence-electron chi connectivity index (χ2n) is 6.33. The number of likely N-dealkylation sites (N-methyl/N-ethyl adjacent to an activating group) is 2. The molecule has 4 heteroatoms. The van der Waals surface area contributed by atoms with Crippen molar-refractivity contribution in [3.63, 3.8) is 0 Å². The molecule has 0 spiro atoms. The van der Waals surface area contributed by atoms with Crippen molar-refractivity contribution in [2.24, 2.45) is 5.73 Å². The van der Waals surface area contributed by atoms with Crippen LogP contribution in [0.1, 0.15) is 32.6 Å². The summed E-state index contributed by atoms with van der Waals surface area (Å²) in [5.74, 6) is 0. The molecule has 0 radical (unpaired) electrons. The highest BCUT2D eigenvalue weighted by Gasteiger charge is 2.40. The molecule has 4 atom stereocenters. The zero-order chi connectivity index (χ0) is 12.6. The fraction of sp³-hybridized carbons (Fsp3) is 1.00. The summed E-state index contributed by atoms with van der Waals surface area (Å²) in [4.78, 5) is 4.69. The van der Waals surface area contributed by atoms with E-state index in [2.05, 4.69) is 30.8 Å².